The number of carbonyl (C=O) groups is 1. The van der Waals surface area contributed by atoms with Crippen LogP contribution in [-0.4, -0.2) is 48.4 Å². The maximum Gasteiger partial charge on any atom is 0.238 e. The van der Waals surface area contributed by atoms with Crippen LogP contribution in [0.25, 0.3) is 0 Å². The Morgan fingerprint density at radius 3 is 2.18 bits per heavy atom. The van der Waals surface area contributed by atoms with E-state index >= 15 is 0 Å². The van der Waals surface area contributed by atoms with Crippen LogP contribution in [0.4, 0.5) is 5.69 Å². The fourth-order valence-corrected chi connectivity index (χ4v) is 3.97. The number of benzene rings is 2. The van der Waals surface area contributed by atoms with Crippen LogP contribution in [0.1, 0.15) is 37.0 Å². The zero-order chi connectivity index (χ0) is 19.8. The number of hydrogen-bond acceptors (Lipinski definition) is 3. The zero-order valence-corrected chi connectivity index (χ0v) is 17.3. The lowest BCUT2D eigenvalue weighted by Crippen LogP contribution is -2.36. The standard InChI is InChI=1S/C24H33N3O/c1-3-21-12-8-13-22(4-2)24(21)25-23(28)19-27-15-9-14-26(16-17-27)18-20-10-6-5-7-11-20/h5-8,10-13H,3-4,9,14-19H2,1-2H3,(H,25,28). The molecule has 3 rings (SSSR count). The molecule has 0 bridgehead atoms. The number of para-hydroxylation sites is 1. The summed E-state index contributed by atoms with van der Waals surface area (Å²) in [7, 11) is 0. The number of nitrogens with zero attached hydrogens (tertiary/aromatic N) is 2. The number of aryl methyl sites for hydroxylation is 2. The summed E-state index contributed by atoms with van der Waals surface area (Å²) in [6.45, 7) is 9.76. The average Bonchev–Trinajstić information content (AvgIpc) is 2.94. The maximum atomic E-state index is 12.7. The van der Waals surface area contributed by atoms with Gasteiger partial charge in [-0.15, -0.1) is 0 Å². The molecule has 2 aromatic carbocycles. The number of anilines is 1. The van der Waals surface area contributed by atoms with Crippen LogP contribution in [0, 0.1) is 0 Å². The molecule has 1 aliphatic heterocycles. The van der Waals surface area contributed by atoms with E-state index in [1.165, 1.54) is 16.7 Å². The third-order valence-electron chi connectivity index (χ3n) is 5.56. The van der Waals surface area contributed by atoms with Crippen molar-refractivity contribution >= 4 is 11.6 Å². The molecule has 0 atom stereocenters. The fraction of sp³-hybridized carbons (Fsp3) is 0.458. The first-order chi connectivity index (χ1) is 13.7. The Kier molecular flexibility index (Phi) is 7.63. The van der Waals surface area contributed by atoms with E-state index < -0.39 is 0 Å². The molecule has 0 unspecified atom stereocenters. The van der Waals surface area contributed by atoms with E-state index in [2.05, 4.69) is 77.5 Å². The summed E-state index contributed by atoms with van der Waals surface area (Å²) < 4.78 is 0. The molecule has 28 heavy (non-hydrogen) atoms. The van der Waals surface area contributed by atoms with Gasteiger partial charge >= 0.3 is 0 Å². The highest BCUT2D eigenvalue weighted by Gasteiger charge is 2.18. The predicted molar refractivity (Wildman–Crippen MR) is 117 cm³/mol. The van der Waals surface area contributed by atoms with Gasteiger partial charge in [0, 0.05) is 25.3 Å². The lowest BCUT2D eigenvalue weighted by molar-refractivity contribution is -0.117. The van der Waals surface area contributed by atoms with Crippen LogP contribution >= 0.6 is 0 Å². The molecule has 4 heteroatoms. The minimum Gasteiger partial charge on any atom is -0.324 e. The van der Waals surface area contributed by atoms with Gasteiger partial charge in [0.2, 0.25) is 5.91 Å². The van der Waals surface area contributed by atoms with Crippen LogP contribution in [0.15, 0.2) is 48.5 Å². The lowest BCUT2D eigenvalue weighted by atomic mass is 10.0. The van der Waals surface area contributed by atoms with Crippen molar-refractivity contribution in [2.24, 2.45) is 0 Å². The van der Waals surface area contributed by atoms with Crippen molar-refractivity contribution in [1.29, 1.82) is 0 Å². The predicted octanol–water partition coefficient (Wildman–Crippen LogP) is 3.96. The molecule has 2 aromatic rings. The minimum atomic E-state index is 0.104. The molecule has 4 nitrogen and oxygen atoms in total. The van der Waals surface area contributed by atoms with Gasteiger partial charge in [-0.05, 0) is 49.0 Å². The molecule has 0 aromatic heterocycles. The average molecular weight is 380 g/mol. The first kappa shape index (κ1) is 20.6. The number of carbonyl (C=O) groups excluding carboxylic acids is 1. The van der Waals surface area contributed by atoms with E-state index in [-0.39, 0.29) is 5.91 Å². The summed E-state index contributed by atoms with van der Waals surface area (Å²) in [6, 6.07) is 16.9. The zero-order valence-electron chi connectivity index (χ0n) is 17.3. The monoisotopic (exact) mass is 379 g/mol. The van der Waals surface area contributed by atoms with Gasteiger partial charge < -0.3 is 5.32 Å². The molecular formula is C24H33N3O. The Balaban J connectivity index is 1.54. The Bertz CT molecular complexity index is 737. The van der Waals surface area contributed by atoms with Gasteiger partial charge in [-0.1, -0.05) is 62.4 Å². The van der Waals surface area contributed by atoms with Crippen LogP contribution in [0.5, 0.6) is 0 Å². The largest absolute Gasteiger partial charge is 0.324 e. The second-order valence-corrected chi connectivity index (χ2v) is 7.60. The third kappa shape index (κ3) is 5.66. The van der Waals surface area contributed by atoms with E-state index in [1.54, 1.807) is 0 Å². The van der Waals surface area contributed by atoms with Gasteiger partial charge in [0.05, 0.1) is 6.54 Å². The fourth-order valence-electron chi connectivity index (χ4n) is 3.97. The molecule has 0 saturated carbocycles. The summed E-state index contributed by atoms with van der Waals surface area (Å²) in [5, 5.41) is 3.21. The molecule has 1 N–H and O–H groups in total. The highest BCUT2D eigenvalue weighted by molar-refractivity contribution is 5.93. The molecule has 1 saturated heterocycles. The van der Waals surface area contributed by atoms with Crippen molar-refractivity contribution in [3.05, 3.63) is 65.2 Å². The highest BCUT2D eigenvalue weighted by atomic mass is 16.2. The topological polar surface area (TPSA) is 35.6 Å². The van der Waals surface area contributed by atoms with Crippen molar-refractivity contribution in [2.75, 3.05) is 38.0 Å². The van der Waals surface area contributed by atoms with Crippen molar-refractivity contribution in [3.63, 3.8) is 0 Å². The van der Waals surface area contributed by atoms with Gasteiger partial charge in [-0.2, -0.15) is 0 Å². The SMILES string of the molecule is CCc1cccc(CC)c1NC(=O)CN1CCCN(Cc2ccccc2)CC1. The molecule has 1 aliphatic rings. The molecule has 1 heterocycles. The first-order valence-electron chi connectivity index (χ1n) is 10.6. The van der Waals surface area contributed by atoms with Crippen LogP contribution in [0.3, 0.4) is 0 Å². The number of amides is 1. The maximum absolute atomic E-state index is 12.7. The number of nitrogens with one attached hydrogen (secondary N) is 1. The van der Waals surface area contributed by atoms with Crippen LogP contribution < -0.4 is 5.32 Å². The molecular weight excluding hydrogens is 346 g/mol. The van der Waals surface area contributed by atoms with Crippen molar-refractivity contribution < 1.29 is 4.79 Å². The van der Waals surface area contributed by atoms with E-state index in [4.69, 9.17) is 0 Å². The van der Waals surface area contributed by atoms with Gasteiger partial charge in [0.1, 0.15) is 0 Å². The summed E-state index contributed by atoms with van der Waals surface area (Å²) >= 11 is 0. The van der Waals surface area contributed by atoms with Crippen LogP contribution in [-0.2, 0) is 24.2 Å². The van der Waals surface area contributed by atoms with Gasteiger partial charge in [-0.3, -0.25) is 14.6 Å². The molecule has 1 fully saturated rings. The normalized spacial score (nSPS) is 15.9. The number of rotatable bonds is 7. The highest BCUT2D eigenvalue weighted by Crippen LogP contribution is 2.22. The summed E-state index contributed by atoms with van der Waals surface area (Å²) in [6.07, 6.45) is 2.97. The quantitative estimate of drug-likeness (QED) is 0.791. The van der Waals surface area contributed by atoms with E-state index in [0.29, 0.717) is 6.54 Å². The van der Waals surface area contributed by atoms with E-state index in [1.807, 2.05) is 0 Å². The Hall–Kier alpha value is -2.17. The molecule has 0 spiro atoms. The molecule has 1 amide bonds. The second-order valence-electron chi connectivity index (χ2n) is 7.60. The van der Waals surface area contributed by atoms with Crippen molar-refractivity contribution in [2.45, 2.75) is 39.7 Å². The Morgan fingerprint density at radius 2 is 1.50 bits per heavy atom. The Morgan fingerprint density at radius 1 is 0.857 bits per heavy atom. The summed E-state index contributed by atoms with van der Waals surface area (Å²) in [4.78, 5) is 17.5. The summed E-state index contributed by atoms with van der Waals surface area (Å²) in [5.74, 6) is 0.104. The van der Waals surface area contributed by atoms with E-state index in [9.17, 15) is 4.79 Å². The Labute approximate surface area is 169 Å². The van der Waals surface area contributed by atoms with Gasteiger partial charge in [0.25, 0.3) is 0 Å². The molecule has 150 valence electrons. The third-order valence-corrected chi connectivity index (χ3v) is 5.56. The van der Waals surface area contributed by atoms with Crippen molar-refractivity contribution in [1.82, 2.24) is 9.80 Å². The van der Waals surface area contributed by atoms with Gasteiger partial charge in [-0.25, -0.2) is 0 Å². The van der Waals surface area contributed by atoms with Crippen LogP contribution in [0.2, 0.25) is 0 Å². The first-order valence-corrected chi connectivity index (χ1v) is 10.6. The second kappa shape index (κ2) is 10.4. The molecule has 0 radical (unpaired) electrons. The van der Waals surface area contributed by atoms with Gasteiger partial charge in [0.15, 0.2) is 0 Å². The number of hydrogen-bond donors (Lipinski definition) is 1. The molecule has 0 aliphatic carbocycles. The lowest BCUT2D eigenvalue weighted by Gasteiger charge is -2.22. The smallest absolute Gasteiger partial charge is 0.238 e. The minimum absolute atomic E-state index is 0.104. The van der Waals surface area contributed by atoms with E-state index in [0.717, 1.165) is 57.7 Å². The van der Waals surface area contributed by atoms with Crippen molar-refractivity contribution in [3.8, 4) is 0 Å². The summed E-state index contributed by atoms with van der Waals surface area (Å²) in [5.41, 5.74) is 4.82.